The molecule has 0 spiro atoms. The zero-order valence-corrected chi connectivity index (χ0v) is 22.2. The minimum Gasteiger partial charge on any atom is -0.474 e. The highest BCUT2D eigenvalue weighted by atomic mass is 35.5. The van der Waals surface area contributed by atoms with Gasteiger partial charge in [-0.1, -0.05) is 35.9 Å². The molecule has 0 saturated carbocycles. The maximum Gasteiger partial charge on any atom is 0.310 e. The Kier molecular flexibility index (Phi) is 8.45. The smallest absolute Gasteiger partial charge is 0.310 e. The van der Waals surface area contributed by atoms with E-state index >= 15 is 0 Å². The average Bonchev–Trinajstić information content (AvgIpc) is 3.22. The number of aromatic nitrogens is 2. The van der Waals surface area contributed by atoms with E-state index in [0.717, 1.165) is 22.3 Å². The van der Waals surface area contributed by atoms with Crippen LogP contribution in [0.5, 0.6) is 5.06 Å². The molecule has 37 heavy (non-hydrogen) atoms. The zero-order chi connectivity index (χ0) is 26.5. The Morgan fingerprint density at radius 1 is 1.22 bits per heavy atom. The van der Waals surface area contributed by atoms with Gasteiger partial charge in [-0.25, -0.2) is 9.97 Å². The van der Waals surface area contributed by atoms with Crippen molar-refractivity contribution in [3.05, 3.63) is 46.1 Å². The lowest BCUT2D eigenvalue weighted by Crippen LogP contribution is -2.59. The number of rotatable bonds is 9. The van der Waals surface area contributed by atoms with E-state index < -0.39 is 12.0 Å². The van der Waals surface area contributed by atoms with E-state index in [0.29, 0.717) is 52.4 Å². The van der Waals surface area contributed by atoms with Gasteiger partial charge in [0.05, 0.1) is 22.9 Å². The van der Waals surface area contributed by atoms with E-state index in [1.54, 1.807) is 22.8 Å². The first-order valence-electron chi connectivity index (χ1n) is 11.9. The van der Waals surface area contributed by atoms with E-state index in [1.807, 2.05) is 25.1 Å². The summed E-state index contributed by atoms with van der Waals surface area (Å²) in [5, 5.41) is 1.15. The van der Waals surface area contributed by atoms with Crippen LogP contribution in [0.2, 0.25) is 4.34 Å². The van der Waals surface area contributed by atoms with E-state index in [-0.39, 0.29) is 31.4 Å². The molecule has 0 bridgehead atoms. The lowest BCUT2D eigenvalue weighted by atomic mass is 10.1. The third-order valence-corrected chi connectivity index (χ3v) is 7.32. The molecular weight excluding hydrogens is 518 g/mol. The van der Waals surface area contributed by atoms with E-state index in [1.165, 1.54) is 6.33 Å². The Labute approximate surface area is 223 Å². The minimum absolute atomic E-state index is 0.00270. The van der Waals surface area contributed by atoms with Gasteiger partial charge < -0.3 is 25.0 Å². The molecule has 12 heteroatoms. The highest BCUT2D eigenvalue weighted by Gasteiger charge is 2.36. The molecule has 4 rings (SSSR count). The monoisotopic (exact) mass is 545 g/mol. The number of carbonyl (C=O) groups is 3. The first-order valence-corrected chi connectivity index (χ1v) is 13.1. The summed E-state index contributed by atoms with van der Waals surface area (Å²) in [5.74, 6) is -0.412. The van der Waals surface area contributed by atoms with E-state index in [2.05, 4.69) is 9.97 Å². The van der Waals surface area contributed by atoms with Crippen LogP contribution in [0, 0.1) is 0 Å². The molecule has 2 amide bonds. The number of fused-ring (bicyclic) bond motifs is 1. The van der Waals surface area contributed by atoms with Crippen molar-refractivity contribution in [2.75, 3.05) is 32.0 Å². The highest BCUT2D eigenvalue weighted by molar-refractivity contribution is 7.18. The van der Waals surface area contributed by atoms with Gasteiger partial charge in [-0.2, -0.15) is 0 Å². The molecule has 0 aliphatic carbocycles. The summed E-state index contributed by atoms with van der Waals surface area (Å²) in [7, 11) is 0. The van der Waals surface area contributed by atoms with Gasteiger partial charge >= 0.3 is 5.97 Å². The number of carbonyl (C=O) groups excluding carboxylic acids is 3. The Hall–Kier alpha value is -3.44. The fourth-order valence-electron chi connectivity index (χ4n) is 4.33. The van der Waals surface area contributed by atoms with Crippen molar-refractivity contribution >= 4 is 57.4 Å². The fourth-order valence-corrected chi connectivity index (χ4v) is 5.43. The van der Waals surface area contributed by atoms with Crippen molar-refractivity contribution in [1.82, 2.24) is 19.8 Å². The molecule has 0 radical (unpaired) electrons. The lowest BCUT2D eigenvalue weighted by Gasteiger charge is -2.40. The Morgan fingerprint density at radius 2 is 2.03 bits per heavy atom. The maximum atomic E-state index is 13.3. The van der Waals surface area contributed by atoms with Gasteiger partial charge in [-0.3, -0.25) is 14.4 Å². The molecule has 0 unspecified atom stereocenters. The van der Waals surface area contributed by atoms with Crippen molar-refractivity contribution in [2.24, 2.45) is 0 Å². The van der Waals surface area contributed by atoms with Crippen LogP contribution in [-0.2, 0) is 32.1 Å². The van der Waals surface area contributed by atoms with Gasteiger partial charge in [0.15, 0.2) is 11.7 Å². The van der Waals surface area contributed by atoms with Gasteiger partial charge in [0.25, 0.3) is 5.91 Å². The number of hydrogen-bond acceptors (Lipinski definition) is 9. The number of ether oxygens (including phenoxy) is 2. The Bertz CT molecular complexity index is 1320. The second-order valence-electron chi connectivity index (χ2n) is 8.52. The van der Waals surface area contributed by atoms with Crippen LogP contribution in [-0.4, -0.2) is 69.9 Å². The van der Waals surface area contributed by atoms with Gasteiger partial charge in [0, 0.05) is 30.6 Å². The summed E-state index contributed by atoms with van der Waals surface area (Å²) in [6.07, 6.45) is 1.89. The molecule has 1 aromatic carbocycles. The molecule has 1 atom stereocenters. The molecule has 196 valence electrons. The van der Waals surface area contributed by atoms with Crippen LogP contribution in [0.4, 0.5) is 5.82 Å². The summed E-state index contributed by atoms with van der Waals surface area (Å²) in [6, 6.07) is 6.70. The number of thiophene rings is 1. The normalized spacial score (nSPS) is 15.8. The first kappa shape index (κ1) is 26.6. The third kappa shape index (κ3) is 6.11. The summed E-state index contributed by atoms with van der Waals surface area (Å²) in [4.78, 5) is 49.8. The number of hydrogen-bond donors (Lipinski definition) is 1. The van der Waals surface area contributed by atoms with E-state index in [9.17, 15) is 14.4 Å². The molecule has 1 aliphatic heterocycles. The minimum atomic E-state index is -0.589. The van der Waals surface area contributed by atoms with Crippen molar-refractivity contribution in [3.8, 4) is 5.06 Å². The standard InChI is InChI=1S/C25H28ClN5O5S/c1-3-19-24(34)30(12-15-5-6-17-18(9-15)28-14-29-23(17)27)7-8-31(19)21(32)13-36-25-16(10-20(26)37-25)11-22(33)35-4-2/h5-6,9-10,14,19H,3-4,7-8,11-13H2,1-2H3,(H2,27,28,29)/t19-/m0/s1. The second-order valence-corrected chi connectivity index (χ2v) is 10.2. The van der Waals surface area contributed by atoms with Gasteiger partial charge in [0.2, 0.25) is 5.91 Å². The topological polar surface area (TPSA) is 128 Å². The number of anilines is 1. The number of piperazine rings is 1. The first-order chi connectivity index (χ1) is 17.8. The lowest BCUT2D eigenvalue weighted by molar-refractivity contribution is -0.153. The van der Waals surface area contributed by atoms with Crippen LogP contribution < -0.4 is 10.5 Å². The van der Waals surface area contributed by atoms with Gasteiger partial charge in [-0.15, -0.1) is 0 Å². The largest absolute Gasteiger partial charge is 0.474 e. The molecule has 3 heterocycles. The average molecular weight is 546 g/mol. The van der Waals surface area contributed by atoms with Crippen LogP contribution in [0.1, 0.15) is 31.4 Å². The number of halogens is 1. The quantitative estimate of drug-likeness (QED) is 0.406. The molecule has 3 aromatic rings. The molecule has 10 nitrogen and oxygen atoms in total. The van der Waals surface area contributed by atoms with Crippen molar-refractivity contribution in [1.29, 1.82) is 0 Å². The van der Waals surface area contributed by atoms with Gasteiger partial charge in [-0.05, 0) is 37.1 Å². The van der Waals surface area contributed by atoms with Gasteiger partial charge in [0.1, 0.15) is 18.2 Å². The number of nitrogen functional groups attached to an aromatic ring is 1. The second kappa shape index (κ2) is 11.7. The molecule has 1 saturated heterocycles. The summed E-state index contributed by atoms with van der Waals surface area (Å²) < 4.78 is 11.2. The number of benzene rings is 1. The predicted molar refractivity (Wildman–Crippen MR) is 140 cm³/mol. The van der Waals surface area contributed by atoms with Crippen LogP contribution in [0.15, 0.2) is 30.6 Å². The number of amides is 2. The summed E-state index contributed by atoms with van der Waals surface area (Å²) >= 11 is 7.25. The zero-order valence-electron chi connectivity index (χ0n) is 20.6. The Balaban J connectivity index is 1.39. The summed E-state index contributed by atoms with van der Waals surface area (Å²) in [5.41, 5.74) is 8.10. The predicted octanol–water partition coefficient (Wildman–Crippen LogP) is 3.06. The SMILES string of the molecule is CCOC(=O)Cc1cc(Cl)sc1OCC(=O)N1CCN(Cc2ccc3c(N)ncnc3c2)C(=O)[C@@H]1CC. The van der Waals surface area contributed by atoms with Crippen LogP contribution in [0.3, 0.4) is 0 Å². The molecule has 1 fully saturated rings. The maximum absolute atomic E-state index is 13.3. The van der Waals surface area contributed by atoms with E-state index in [4.69, 9.17) is 26.8 Å². The van der Waals surface area contributed by atoms with Crippen LogP contribution in [0.25, 0.3) is 10.9 Å². The Morgan fingerprint density at radius 3 is 2.78 bits per heavy atom. The number of esters is 1. The summed E-state index contributed by atoms with van der Waals surface area (Å²) in [6.45, 7) is 4.79. The fraction of sp³-hybridized carbons (Fsp3) is 0.400. The number of nitrogens with two attached hydrogens (primary N) is 1. The highest BCUT2D eigenvalue weighted by Crippen LogP contribution is 2.34. The molecular formula is C25H28ClN5O5S. The molecule has 2 aromatic heterocycles. The molecule has 2 N–H and O–H groups in total. The van der Waals surface area contributed by atoms with Crippen molar-refractivity contribution in [2.45, 2.75) is 39.3 Å². The molecule has 1 aliphatic rings. The van der Waals surface area contributed by atoms with Crippen molar-refractivity contribution < 1.29 is 23.9 Å². The van der Waals surface area contributed by atoms with Crippen LogP contribution >= 0.6 is 22.9 Å². The number of nitrogens with zero attached hydrogens (tertiary/aromatic N) is 4. The third-order valence-electron chi connectivity index (χ3n) is 6.10. The van der Waals surface area contributed by atoms with Crippen molar-refractivity contribution in [3.63, 3.8) is 0 Å².